The molecule has 0 spiro atoms. The quantitative estimate of drug-likeness (QED) is 0.00404. The molecular weight excluding hydrogens is 1380 g/mol. The number of ether oxygens (including phenoxy) is 1. The van der Waals surface area contributed by atoms with Gasteiger partial charge in [0.05, 0.1) is 28.8 Å². The van der Waals surface area contributed by atoms with E-state index in [-0.39, 0.29) is 53.4 Å². The maximum atomic E-state index is 13.5. The SMILES string of the molecule is CC1(C)C(/C=C/C2=C(c3ccc(/C=N/Nc4ccc(C(=O)CCc5ccc(C6=NNC=C7CCC(OC(=O)NCCCC(O)(P(=O)(O)O)P(=O)(O)O)CCCC76)cc5)cn4)cc3)C(=C/C=C3\N(CCCCS(=O)(=O)O)c4ccccc4C3(C)C)/CCC2)=[N+](CCCCS(=O)(=O)O)c2ccccc21. The van der Waals surface area contributed by atoms with E-state index in [2.05, 4.69) is 129 Å². The molecule has 102 heavy (non-hydrogen) atoms. The van der Waals surface area contributed by atoms with Crippen molar-refractivity contribution in [2.24, 2.45) is 16.1 Å². The number of aliphatic hydroxyl groups is 1. The summed E-state index contributed by atoms with van der Waals surface area (Å²) in [5.41, 5.74) is 21.5. The van der Waals surface area contributed by atoms with E-state index in [1.165, 1.54) is 17.3 Å². The van der Waals surface area contributed by atoms with Crippen LogP contribution in [0.4, 0.5) is 22.0 Å². The highest BCUT2D eigenvalue weighted by Crippen LogP contribution is 2.69. The van der Waals surface area contributed by atoms with Crippen molar-refractivity contribution in [2.45, 2.75) is 152 Å². The van der Waals surface area contributed by atoms with Crippen molar-refractivity contribution < 1.29 is 78.7 Å². The molecule has 1 aromatic heterocycles. The number of fused-ring (bicyclic) bond motifs is 3. The monoisotopic (exact) mass is 1470 g/mol. The molecule has 4 heterocycles. The maximum Gasteiger partial charge on any atom is 0.407 e. The summed E-state index contributed by atoms with van der Waals surface area (Å²) < 4.78 is 97.0. The number of ketones is 1. The smallest absolute Gasteiger partial charge is 0.407 e. The lowest BCUT2D eigenvalue weighted by Gasteiger charge is -2.30. The lowest BCUT2D eigenvalue weighted by Crippen LogP contribution is -2.34. The second-order valence-electron chi connectivity index (χ2n) is 27.6. The molecule has 2 unspecified atom stereocenters. The van der Waals surface area contributed by atoms with Crippen LogP contribution < -0.4 is 21.1 Å². The number of unbranched alkanes of at least 4 members (excludes halogenated alkanes) is 2. The molecule has 5 aliphatic rings. The first kappa shape index (κ1) is 76.8. The minimum atomic E-state index is -5.61. The zero-order chi connectivity index (χ0) is 73.3. The average Bonchev–Trinajstić information content (AvgIpc) is 1.65. The third kappa shape index (κ3) is 18.7. The van der Waals surface area contributed by atoms with E-state index in [4.69, 9.17) is 4.74 Å². The van der Waals surface area contributed by atoms with Crippen LogP contribution in [0.3, 0.4) is 0 Å². The fraction of sp³-hybridized carbons (Fsp3) is 0.405. The average molecular weight is 1470 g/mol. The first-order chi connectivity index (χ1) is 48.3. The second-order valence-corrected chi connectivity index (χ2v) is 34.8. The fourth-order valence-electron chi connectivity index (χ4n) is 14.3. The number of carbonyl (C=O) groups is 2. The highest BCUT2D eigenvalue weighted by Gasteiger charge is 2.58. The Morgan fingerprint density at radius 3 is 2.15 bits per heavy atom. The summed E-state index contributed by atoms with van der Waals surface area (Å²) in [7, 11) is -19.4. The van der Waals surface area contributed by atoms with E-state index in [9.17, 15) is 69.3 Å². The van der Waals surface area contributed by atoms with Crippen molar-refractivity contribution >= 4 is 87.7 Å². The summed E-state index contributed by atoms with van der Waals surface area (Å²) in [5, 5.41) is 18.1. The Morgan fingerprint density at radius 2 is 1.45 bits per heavy atom. The molecule has 544 valence electrons. The lowest BCUT2D eigenvalue weighted by atomic mass is 9.79. The molecule has 3 aliphatic heterocycles. The van der Waals surface area contributed by atoms with Crippen LogP contribution in [0.1, 0.15) is 168 Å². The standard InChI is InChI=1S/C74H90N8O16P2S2/c1-72(2)61-20-5-7-22-63(61)81(44-9-11-46-101(92,93)94)66(72)39-34-53-16-13-17-54(35-40-67-73(3,4)62-21-6-8-23-64(62)82(67)45-10-12-47-102(95,96)97)69(53)55-29-26-52(27-30-55)48-77-79-68-41-36-58(49-76-68)65(83)38-28-51-24-31-56(32-25-51)70-60-19-14-18-59(37-33-57(60)50-78-80-70)98-71(84)75-43-15-42-74(85,99(86,87)88)100(89,90)91/h5-8,20-27,29-32,34-36,39-41,48-50,59-60,78,85H,9-19,28,33,37-38,42-47H2,1-4H3,(H7,75,84,86,87,88,89,90,91,92,93,94,95,96,97)/p+1/b53-34+,66-39-. The van der Waals surface area contributed by atoms with E-state index in [1.54, 1.807) is 18.3 Å². The van der Waals surface area contributed by atoms with Crippen LogP contribution in [0.15, 0.2) is 179 Å². The lowest BCUT2D eigenvalue weighted by molar-refractivity contribution is -0.438. The number of hydrogen-bond donors (Lipinski definition) is 10. The highest BCUT2D eigenvalue weighted by atomic mass is 32.2. The molecule has 0 bridgehead atoms. The van der Waals surface area contributed by atoms with Gasteiger partial charge in [-0.3, -0.25) is 33.9 Å². The van der Waals surface area contributed by atoms with Crippen LogP contribution in [-0.2, 0) is 51.4 Å². The maximum absolute atomic E-state index is 13.5. The first-order valence-corrected chi connectivity index (χ1v) is 40.9. The van der Waals surface area contributed by atoms with Crippen LogP contribution in [0, 0.1) is 5.92 Å². The molecule has 1 amide bonds. The normalized spacial score (nSPS) is 19.5. The van der Waals surface area contributed by atoms with Crippen molar-refractivity contribution in [3.05, 3.63) is 207 Å². The van der Waals surface area contributed by atoms with Crippen molar-refractivity contribution in [3.63, 3.8) is 0 Å². The number of aryl methyl sites for hydroxylation is 1. The summed E-state index contributed by atoms with van der Waals surface area (Å²) in [5.74, 6) is -0.204. The van der Waals surface area contributed by atoms with Crippen LogP contribution in [0.25, 0.3) is 5.57 Å². The number of pyridine rings is 1. The van der Waals surface area contributed by atoms with Crippen LogP contribution in [0.2, 0.25) is 0 Å². The molecule has 2 aliphatic carbocycles. The van der Waals surface area contributed by atoms with E-state index < -0.39 is 59.1 Å². The van der Waals surface area contributed by atoms with Gasteiger partial charge in [-0.25, -0.2) is 9.78 Å². The number of alkyl carbamates (subject to hydrolysis) is 1. The number of aromatic nitrogens is 1. The van der Waals surface area contributed by atoms with Gasteiger partial charge < -0.3 is 39.6 Å². The minimum Gasteiger partial charge on any atom is -0.446 e. The van der Waals surface area contributed by atoms with Gasteiger partial charge in [0.1, 0.15) is 18.5 Å². The summed E-state index contributed by atoms with van der Waals surface area (Å²) >= 11 is 0. The number of amides is 1. The number of allylic oxidation sites excluding steroid dienone is 9. The van der Waals surface area contributed by atoms with Gasteiger partial charge in [0, 0.05) is 90.7 Å². The van der Waals surface area contributed by atoms with Crippen LogP contribution in [-0.4, -0.2) is 132 Å². The van der Waals surface area contributed by atoms with Crippen molar-refractivity contribution in [3.8, 4) is 0 Å². The van der Waals surface area contributed by atoms with Gasteiger partial charge in [-0.1, -0.05) is 111 Å². The number of rotatable bonds is 29. The van der Waals surface area contributed by atoms with Crippen molar-refractivity contribution in [2.75, 3.05) is 41.5 Å². The summed E-state index contributed by atoms with van der Waals surface area (Å²) in [6.07, 6.45) is 19.6. The highest BCUT2D eigenvalue weighted by molar-refractivity contribution is 7.86. The zero-order valence-electron chi connectivity index (χ0n) is 57.7. The molecule has 0 radical (unpaired) electrons. The predicted molar refractivity (Wildman–Crippen MR) is 395 cm³/mol. The summed E-state index contributed by atoms with van der Waals surface area (Å²) in [6.45, 7) is 9.71. The van der Waals surface area contributed by atoms with E-state index >= 15 is 0 Å². The number of nitrogens with one attached hydrogen (secondary N) is 3. The first-order valence-electron chi connectivity index (χ1n) is 34.4. The van der Waals surface area contributed by atoms with E-state index in [1.807, 2.05) is 66.9 Å². The van der Waals surface area contributed by atoms with Crippen molar-refractivity contribution in [1.82, 2.24) is 15.7 Å². The Bertz CT molecular complexity index is 4510. The summed E-state index contributed by atoms with van der Waals surface area (Å²) in [6, 6.07) is 36.3. The van der Waals surface area contributed by atoms with Gasteiger partial charge in [0.25, 0.3) is 25.3 Å². The second kappa shape index (κ2) is 32.4. The predicted octanol–water partition coefficient (Wildman–Crippen LogP) is 12.5. The molecule has 10 N–H and O–H groups in total. The molecular formula is C74H91N8O16P2S2+. The Hall–Kier alpha value is -7.84. The number of para-hydroxylation sites is 2. The number of carbonyl (C=O) groups excluding carboxylic acids is 2. The number of hydrazone groups is 2. The fourth-order valence-corrected chi connectivity index (χ4v) is 17.7. The van der Waals surface area contributed by atoms with Crippen molar-refractivity contribution in [1.29, 1.82) is 0 Å². The number of Topliss-reactive ketones (excluding diaryl/α,β-unsaturated/α-hetero) is 1. The Labute approximate surface area is 596 Å². The van der Waals surface area contributed by atoms with Gasteiger partial charge in [-0.05, 0) is 172 Å². The molecule has 1 saturated carbocycles. The molecule has 28 heteroatoms. The number of nitrogens with zero attached hydrogens (tertiary/aromatic N) is 5. The third-order valence-corrected chi connectivity index (χ3v) is 25.3. The zero-order valence-corrected chi connectivity index (χ0v) is 61.1. The largest absolute Gasteiger partial charge is 0.446 e. The molecule has 1 fully saturated rings. The van der Waals surface area contributed by atoms with Crippen LogP contribution in [0.5, 0.6) is 0 Å². The topological polar surface area (TPSA) is 367 Å². The van der Waals surface area contributed by atoms with Gasteiger partial charge in [0.15, 0.2) is 11.5 Å². The number of anilines is 2. The van der Waals surface area contributed by atoms with E-state index in [0.29, 0.717) is 82.3 Å². The molecule has 0 saturated heterocycles. The Morgan fingerprint density at radius 1 is 0.765 bits per heavy atom. The van der Waals surface area contributed by atoms with Gasteiger partial charge >= 0.3 is 21.3 Å². The van der Waals surface area contributed by atoms with Gasteiger partial charge in [-0.15, -0.1) is 0 Å². The molecule has 4 aromatic carbocycles. The molecule has 24 nitrogen and oxygen atoms in total. The number of benzene rings is 4. The van der Waals surface area contributed by atoms with Crippen LogP contribution >= 0.6 is 15.2 Å². The third-order valence-electron chi connectivity index (χ3n) is 19.8. The van der Waals surface area contributed by atoms with E-state index in [0.717, 1.165) is 98.7 Å². The van der Waals surface area contributed by atoms with Gasteiger partial charge in [0.2, 0.25) is 5.69 Å². The Kier molecular flexibility index (Phi) is 24.4. The molecule has 5 aromatic rings. The molecule has 2 atom stereocenters. The minimum absolute atomic E-state index is 0.0194. The Balaban J connectivity index is 0.779. The summed E-state index contributed by atoms with van der Waals surface area (Å²) in [4.78, 5) is 70.4. The molecule has 10 rings (SSSR count). The number of hydrogen-bond acceptors (Lipinski definition) is 16. The van der Waals surface area contributed by atoms with Gasteiger partial charge in [-0.2, -0.15) is 31.6 Å².